The third-order valence-electron chi connectivity index (χ3n) is 8.93. The largest absolute Gasteiger partial charge is 0.481 e. The monoisotopic (exact) mass is 577 g/mol. The number of ether oxygens (including phenoxy) is 2. The van der Waals surface area contributed by atoms with Gasteiger partial charge in [0, 0.05) is 33.1 Å². The van der Waals surface area contributed by atoms with Gasteiger partial charge in [0.2, 0.25) is 11.8 Å². The lowest BCUT2D eigenvalue weighted by atomic mass is 9.95. The van der Waals surface area contributed by atoms with E-state index in [1.54, 1.807) is 11.9 Å². The van der Waals surface area contributed by atoms with E-state index < -0.39 is 42.4 Å². The third kappa shape index (κ3) is 5.99. The number of likely N-dealkylation sites (N-methyl/N-ethyl adjacent to an activating group) is 2. The predicted octanol–water partition coefficient (Wildman–Crippen LogP) is 3.59. The Balaban J connectivity index is 1.33. The van der Waals surface area contributed by atoms with Crippen molar-refractivity contribution in [2.75, 3.05) is 47.0 Å². The molecule has 1 aliphatic heterocycles. The smallest absolute Gasteiger partial charge is 0.410 e. The van der Waals surface area contributed by atoms with Crippen LogP contribution in [-0.4, -0.2) is 103 Å². The summed E-state index contributed by atoms with van der Waals surface area (Å²) < 4.78 is 11.2. The van der Waals surface area contributed by atoms with Crippen molar-refractivity contribution in [3.05, 3.63) is 59.7 Å². The maximum absolute atomic E-state index is 14.1. The van der Waals surface area contributed by atoms with E-state index in [-0.39, 0.29) is 18.4 Å². The molecule has 3 amide bonds. The van der Waals surface area contributed by atoms with Crippen molar-refractivity contribution in [1.29, 1.82) is 0 Å². The van der Waals surface area contributed by atoms with Gasteiger partial charge >= 0.3 is 12.1 Å². The molecule has 0 bridgehead atoms. The summed E-state index contributed by atoms with van der Waals surface area (Å²) in [4.78, 5) is 56.8. The molecular weight excluding hydrogens is 538 g/mol. The van der Waals surface area contributed by atoms with E-state index in [0.717, 1.165) is 47.9 Å². The molecule has 10 nitrogen and oxygen atoms in total. The summed E-state index contributed by atoms with van der Waals surface area (Å²) in [6.07, 6.45) is 2.23. The minimum Gasteiger partial charge on any atom is -0.481 e. The van der Waals surface area contributed by atoms with Gasteiger partial charge in [0.15, 0.2) is 0 Å². The number of benzene rings is 2. The summed E-state index contributed by atoms with van der Waals surface area (Å²) in [6.45, 7) is 1.51. The van der Waals surface area contributed by atoms with Gasteiger partial charge in [0.1, 0.15) is 18.7 Å². The fourth-order valence-electron chi connectivity index (χ4n) is 6.68. The molecule has 42 heavy (non-hydrogen) atoms. The van der Waals surface area contributed by atoms with Crippen LogP contribution >= 0.6 is 0 Å². The normalized spacial score (nSPS) is 18.1. The van der Waals surface area contributed by atoms with Crippen molar-refractivity contribution in [3.8, 4) is 11.1 Å². The first-order valence-corrected chi connectivity index (χ1v) is 14.7. The number of aliphatic carboxylic acids is 1. The molecule has 1 saturated heterocycles. The van der Waals surface area contributed by atoms with Crippen LogP contribution in [0.25, 0.3) is 11.1 Å². The molecule has 3 aliphatic rings. The van der Waals surface area contributed by atoms with Crippen molar-refractivity contribution >= 4 is 23.9 Å². The first-order chi connectivity index (χ1) is 20.3. The quantitative estimate of drug-likeness (QED) is 0.484. The lowest BCUT2D eigenvalue weighted by Gasteiger charge is -2.38. The summed E-state index contributed by atoms with van der Waals surface area (Å²) in [5, 5.41) is 9.60. The number of morpholine rings is 1. The zero-order chi connectivity index (χ0) is 29.8. The van der Waals surface area contributed by atoms with Crippen LogP contribution in [0.3, 0.4) is 0 Å². The molecule has 1 N–H and O–H groups in total. The lowest BCUT2D eigenvalue weighted by Crippen LogP contribution is -2.58. The summed E-state index contributed by atoms with van der Waals surface area (Å²) in [7, 11) is 3.02. The van der Waals surface area contributed by atoms with Crippen LogP contribution in [0.1, 0.15) is 49.1 Å². The highest BCUT2D eigenvalue weighted by molar-refractivity contribution is 5.93. The highest BCUT2D eigenvalue weighted by Crippen LogP contribution is 2.44. The summed E-state index contributed by atoms with van der Waals surface area (Å²) in [5.74, 6) is -2.29. The first-order valence-electron chi connectivity index (χ1n) is 14.7. The van der Waals surface area contributed by atoms with Gasteiger partial charge in [0.05, 0.1) is 19.6 Å². The van der Waals surface area contributed by atoms with E-state index >= 15 is 0 Å². The number of carboxylic acids is 1. The molecule has 2 fully saturated rings. The van der Waals surface area contributed by atoms with Gasteiger partial charge < -0.3 is 24.4 Å². The van der Waals surface area contributed by atoms with Crippen LogP contribution in [0.5, 0.6) is 0 Å². The Morgan fingerprint density at radius 1 is 0.929 bits per heavy atom. The Labute approximate surface area is 246 Å². The van der Waals surface area contributed by atoms with Gasteiger partial charge in [-0.3, -0.25) is 19.3 Å². The molecule has 1 saturated carbocycles. The zero-order valence-corrected chi connectivity index (χ0v) is 24.2. The molecule has 1 heterocycles. The first kappa shape index (κ1) is 29.6. The van der Waals surface area contributed by atoms with Crippen molar-refractivity contribution in [1.82, 2.24) is 14.7 Å². The summed E-state index contributed by atoms with van der Waals surface area (Å²) in [6, 6.07) is 14.1. The van der Waals surface area contributed by atoms with Gasteiger partial charge in [0.25, 0.3) is 0 Å². The lowest BCUT2D eigenvalue weighted by molar-refractivity contribution is -0.154. The Morgan fingerprint density at radius 2 is 1.50 bits per heavy atom. The van der Waals surface area contributed by atoms with Crippen molar-refractivity contribution < 1.29 is 33.8 Å². The Hall–Kier alpha value is -3.92. The van der Waals surface area contributed by atoms with Gasteiger partial charge in [-0.15, -0.1) is 0 Å². The van der Waals surface area contributed by atoms with Crippen LogP contribution in [0.2, 0.25) is 0 Å². The number of hydrogen-bond acceptors (Lipinski definition) is 6. The molecular formula is C32H39N3O7. The molecule has 0 unspecified atom stereocenters. The van der Waals surface area contributed by atoms with Crippen molar-refractivity contribution in [3.63, 3.8) is 0 Å². The maximum Gasteiger partial charge on any atom is 0.410 e. The molecule has 2 atom stereocenters. The minimum absolute atomic E-state index is 0.116. The van der Waals surface area contributed by atoms with E-state index in [1.807, 2.05) is 36.4 Å². The van der Waals surface area contributed by atoms with Gasteiger partial charge in [-0.1, -0.05) is 61.4 Å². The molecule has 2 aromatic carbocycles. The molecule has 0 spiro atoms. The SMILES string of the molecule is CN(C(=O)OCC1c2ccccc2-c2ccccc21)[C@H](C(=O)N(C)[C@@H](CC(=O)O)C(=O)N1CCOCC1)C1CCCC1. The topological polar surface area (TPSA) is 117 Å². The molecule has 0 aromatic heterocycles. The second kappa shape index (κ2) is 12.9. The van der Waals surface area contributed by atoms with E-state index in [9.17, 15) is 24.3 Å². The predicted molar refractivity (Wildman–Crippen MR) is 155 cm³/mol. The number of rotatable bonds is 9. The van der Waals surface area contributed by atoms with E-state index in [1.165, 1.54) is 16.8 Å². The molecule has 2 aliphatic carbocycles. The number of carbonyl (C=O) groups is 4. The standard InChI is InChI=1S/C32H39N3O7/c1-33(27(19-28(36)37)30(38)35-15-17-41-18-16-35)31(39)29(21-9-3-4-10-21)34(2)32(40)42-20-26-24-13-7-5-11-22(24)23-12-6-8-14-25(23)26/h5-8,11-14,21,26-27,29H,3-4,9-10,15-20H2,1-2H3,(H,36,37)/t27-,29-/m0/s1. The summed E-state index contributed by atoms with van der Waals surface area (Å²) >= 11 is 0. The van der Waals surface area contributed by atoms with Gasteiger partial charge in [-0.05, 0) is 41.0 Å². The number of carboxylic acid groups (broad SMARTS) is 1. The molecule has 2 aromatic rings. The van der Waals surface area contributed by atoms with Crippen LogP contribution in [-0.2, 0) is 23.9 Å². The Morgan fingerprint density at radius 3 is 2.07 bits per heavy atom. The Kier molecular flexibility index (Phi) is 9.11. The number of fused-ring (bicyclic) bond motifs is 3. The van der Waals surface area contributed by atoms with Crippen molar-refractivity contribution in [2.45, 2.75) is 50.1 Å². The van der Waals surface area contributed by atoms with E-state index in [4.69, 9.17) is 9.47 Å². The molecule has 0 radical (unpaired) electrons. The number of carbonyl (C=O) groups excluding carboxylic acids is 3. The van der Waals surface area contributed by atoms with Crippen LogP contribution in [0.4, 0.5) is 4.79 Å². The zero-order valence-electron chi connectivity index (χ0n) is 24.2. The highest BCUT2D eigenvalue weighted by Gasteiger charge is 2.42. The fraction of sp³-hybridized carbons (Fsp3) is 0.500. The molecule has 224 valence electrons. The third-order valence-corrected chi connectivity index (χ3v) is 8.93. The van der Waals surface area contributed by atoms with E-state index in [2.05, 4.69) is 12.1 Å². The summed E-state index contributed by atoms with van der Waals surface area (Å²) in [5.41, 5.74) is 4.43. The Bertz CT molecular complexity index is 1270. The number of amides is 3. The average molecular weight is 578 g/mol. The van der Waals surface area contributed by atoms with Crippen molar-refractivity contribution in [2.24, 2.45) is 5.92 Å². The van der Waals surface area contributed by atoms with Gasteiger partial charge in [-0.2, -0.15) is 0 Å². The number of hydrogen-bond donors (Lipinski definition) is 1. The maximum atomic E-state index is 14.1. The van der Waals surface area contributed by atoms with Crippen LogP contribution in [0.15, 0.2) is 48.5 Å². The molecule has 10 heteroatoms. The average Bonchev–Trinajstić information content (AvgIpc) is 3.65. The van der Waals surface area contributed by atoms with Crippen LogP contribution < -0.4 is 0 Å². The van der Waals surface area contributed by atoms with Crippen LogP contribution in [0, 0.1) is 5.92 Å². The minimum atomic E-state index is -1.19. The second-order valence-electron chi connectivity index (χ2n) is 11.4. The van der Waals surface area contributed by atoms with Gasteiger partial charge in [-0.25, -0.2) is 4.79 Å². The second-order valence-corrected chi connectivity index (χ2v) is 11.4. The number of nitrogens with zero attached hydrogens (tertiary/aromatic N) is 3. The fourth-order valence-corrected chi connectivity index (χ4v) is 6.68. The molecule has 5 rings (SSSR count). The highest BCUT2D eigenvalue weighted by atomic mass is 16.6. The van der Waals surface area contributed by atoms with E-state index in [0.29, 0.717) is 26.3 Å².